The number of benzene rings is 1. The highest BCUT2D eigenvalue weighted by Crippen LogP contribution is 2.11. The molecule has 0 aliphatic heterocycles. The third-order valence-corrected chi connectivity index (χ3v) is 1.83. The molecule has 0 atom stereocenters. The molecular weight excluding hydrogens is 215 g/mol. The molecule has 1 nitrogen and oxygen atoms in total. The second kappa shape index (κ2) is 14.9. The molecule has 0 bridgehead atoms. The van der Waals surface area contributed by atoms with Crippen molar-refractivity contribution in [2.45, 2.75) is 53.9 Å². The van der Waals surface area contributed by atoms with Crippen LogP contribution in [0.4, 0.5) is 4.39 Å². The molecule has 17 heavy (non-hydrogen) atoms. The molecule has 0 heterocycles. The maximum Gasteiger partial charge on any atom is 0.123 e. The van der Waals surface area contributed by atoms with Gasteiger partial charge >= 0.3 is 0 Å². The van der Waals surface area contributed by atoms with Gasteiger partial charge in [0.2, 0.25) is 0 Å². The lowest BCUT2D eigenvalue weighted by atomic mass is 10.3. The van der Waals surface area contributed by atoms with Crippen molar-refractivity contribution in [1.29, 1.82) is 0 Å². The monoisotopic (exact) mass is 242 g/mol. The minimum atomic E-state index is -0.221. The van der Waals surface area contributed by atoms with Gasteiger partial charge in [-0.3, -0.25) is 0 Å². The van der Waals surface area contributed by atoms with E-state index in [1.807, 2.05) is 27.7 Å². The van der Waals surface area contributed by atoms with Gasteiger partial charge in [-0.25, -0.2) is 4.39 Å². The zero-order valence-corrected chi connectivity index (χ0v) is 11.9. The molecule has 0 aliphatic carbocycles. The SMILES string of the molecule is CC.CC.CCCCCOc1ccc(F)cc1. The van der Waals surface area contributed by atoms with Crippen LogP contribution in [-0.2, 0) is 0 Å². The second-order valence-electron chi connectivity index (χ2n) is 3.01. The third-order valence-electron chi connectivity index (χ3n) is 1.83. The van der Waals surface area contributed by atoms with Gasteiger partial charge in [0.25, 0.3) is 0 Å². The lowest BCUT2D eigenvalue weighted by Gasteiger charge is -2.04. The molecule has 0 unspecified atom stereocenters. The van der Waals surface area contributed by atoms with Gasteiger partial charge in [0.1, 0.15) is 11.6 Å². The molecule has 0 saturated carbocycles. The zero-order chi connectivity index (χ0) is 13.5. The van der Waals surface area contributed by atoms with Crippen molar-refractivity contribution in [3.8, 4) is 5.75 Å². The minimum absolute atomic E-state index is 0.221. The Kier molecular flexibility index (Phi) is 16.1. The first-order valence-corrected chi connectivity index (χ1v) is 6.71. The average Bonchev–Trinajstić information content (AvgIpc) is 2.41. The van der Waals surface area contributed by atoms with Crippen molar-refractivity contribution in [2.24, 2.45) is 0 Å². The highest BCUT2D eigenvalue weighted by molar-refractivity contribution is 5.21. The van der Waals surface area contributed by atoms with Crippen LogP contribution in [0.15, 0.2) is 24.3 Å². The molecule has 1 rings (SSSR count). The number of rotatable bonds is 5. The topological polar surface area (TPSA) is 9.23 Å². The number of ether oxygens (including phenoxy) is 1. The van der Waals surface area contributed by atoms with Crippen molar-refractivity contribution in [3.05, 3.63) is 30.1 Å². The largest absolute Gasteiger partial charge is 0.494 e. The molecule has 1 aromatic rings. The van der Waals surface area contributed by atoms with Crippen LogP contribution in [0.1, 0.15) is 53.9 Å². The van der Waals surface area contributed by atoms with Crippen molar-refractivity contribution < 1.29 is 9.13 Å². The van der Waals surface area contributed by atoms with Gasteiger partial charge in [0.05, 0.1) is 6.61 Å². The first kappa shape index (κ1) is 18.3. The Bertz CT molecular complexity index is 231. The highest BCUT2D eigenvalue weighted by Gasteiger charge is 1.93. The fourth-order valence-corrected chi connectivity index (χ4v) is 1.07. The van der Waals surface area contributed by atoms with E-state index < -0.39 is 0 Å². The lowest BCUT2D eigenvalue weighted by molar-refractivity contribution is 0.306. The van der Waals surface area contributed by atoms with Gasteiger partial charge < -0.3 is 4.74 Å². The van der Waals surface area contributed by atoms with Gasteiger partial charge in [-0.1, -0.05) is 47.5 Å². The quantitative estimate of drug-likeness (QED) is 0.624. The highest BCUT2D eigenvalue weighted by atomic mass is 19.1. The molecule has 2 heteroatoms. The van der Waals surface area contributed by atoms with Crippen LogP contribution < -0.4 is 4.74 Å². The van der Waals surface area contributed by atoms with Crippen LogP contribution in [0, 0.1) is 5.82 Å². The standard InChI is InChI=1S/C11H15FO.2C2H6/c1-2-3-4-9-13-11-7-5-10(12)6-8-11;2*1-2/h5-8H,2-4,9H2,1H3;2*1-2H3. The molecule has 0 aliphatic rings. The summed E-state index contributed by atoms with van der Waals surface area (Å²) in [7, 11) is 0. The summed E-state index contributed by atoms with van der Waals surface area (Å²) in [6.45, 7) is 10.9. The molecule has 1 aromatic carbocycles. The summed E-state index contributed by atoms with van der Waals surface area (Å²) in [5.74, 6) is 0.526. The summed E-state index contributed by atoms with van der Waals surface area (Å²) in [6.07, 6.45) is 3.43. The summed E-state index contributed by atoms with van der Waals surface area (Å²) >= 11 is 0. The van der Waals surface area contributed by atoms with Crippen molar-refractivity contribution in [3.63, 3.8) is 0 Å². The van der Waals surface area contributed by atoms with Crippen molar-refractivity contribution in [2.75, 3.05) is 6.61 Å². The second-order valence-corrected chi connectivity index (χ2v) is 3.01. The van der Waals surface area contributed by atoms with E-state index >= 15 is 0 Å². The first-order valence-electron chi connectivity index (χ1n) is 6.71. The van der Waals surface area contributed by atoms with Crippen LogP contribution in [-0.4, -0.2) is 6.61 Å². The Morgan fingerprint density at radius 3 is 1.94 bits per heavy atom. The maximum atomic E-state index is 12.5. The number of hydrogen-bond acceptors (Lipinski definition) is 1. The van der Waals surface area contributed by atoms with Crippen LogP contribution >= 0.6 is 0 Å². The van der Waals surface area contributed by atoms with Crippen LogP contribution in [0.25, 0.3) is 0 Å². The van der Waals surface area contributed by atoms with Gasteiger partial charge in [-0.15, -0.1) is 0 Å². The summed E-state index contributed by atoms with van der Waals surface area (Å²) in [6, 6.07) is 6.13. The molecule has 0 saturated heterocycles. The predicted octanol–water partition coefficient (Wildman–Crippen LogP) is 5.45. The van der Waals surface area contributed by atoms with Gasteiger partial charge in [-0.2, -0.15) is 0 Å². The Morgan fingerprint density at radius 1 is 0.941 bits per heavy atom. The van der Waals surface area contributed by atoms with Gasteiger partial charge in [0.15, 0.2) is 0 Å². The molecular formula is C15H27FO. The molecule has 0 N–H and O–H groups in total. The van der Waals surface area contributed by atoms with E-state index in [-0.39, 0.29) is 5.82 Å². The van der Waals surface area contributed by atoms with Gasteiger partial charge in [-0.05, 0) is 30.7 Å². The maximum absolute atomic E-state index is 12.5. The molecule has 0 aromatic heterocycles. The Hall–Kier alpha value is -1.05. The number of halogens is 1. The third kappa shape index (κ3) is 11.2. The predicted molar refractivity (Wildman–Crippen MR) is 74.1 cm³/mol. The Morgan fingerprint density at radius 2 is 1.47 bits per heavy atom. The summed E-state index contributed by atoms with van der Waals surface area (Å²) in [4.78, 5) is 0. The zero-order valence-electron chi connectivity index (χ0n) is 11.9. The molecule has 100 valence electrons. The summed E-state index contributed by atoms with van der Waals surface area (Å²) in [5.41, 5.74) is 0. The van der Waals surface area contributed by atoms with Crippen molar-refractivity contribution >= 4 is 0 Å². The fraction of sp³-hybridized carbons (Fsp3) is 0.600. The molecule has 0 radical (unpaired) electrons. The van der Waals surface area contributed by atoms with E-state index in [4.69, 9.17) is 4.74 Å². The lowest BCUT2D eigenvalue weighted by Crippen LogP contribution is -1.96. The summed E-state index contributed by atoms with van der Waals surface area (Å²) in [5, 5.41) is 0. The smallest absolute Gasteiger partial charge is 0.123 e. The minimum Gasteiger partial charge on any atom is -0.494 e. The Balaban J connectivity index is 0. The summed E-state index contributed by atoms with van der Waals surface area (Å²) < 4.78 is 17.9. The van der Waals surface area contributed by atoms with E-state index in [1.54, 1.807) is 12.1 Å². The van der Waals surface area contributed by atoms with Crippen LogP contribution in [0.2, 0.25) is 0 Å². The normalized spacial score (nSPS) is 8.35. The van der Waals surface area contributed by atoms with E-state index in [0.29, 0.717) is 0 Å². The number of unbranched alkanes of at least 4 members (excludes halogenated alkanes) is 2. The van der Waals surface area contributed by atoms with Crippen LogP contribution in [0.5, 0.6) is 5.75 Å². The van der Waals surface area contributed by atoms with Crippen LogP contribution in [0.3, 0.4) is 0 Å². The Labute approximate surface area is 106 Å². The van der Waals surface area contributed by atoms with E-state index in [1.165, 1.54) is 25.0 Å². The number of hydrogen-bond donors (Lipinski definition) is 0. The van der Waals surface area contributed by atoms with E-state index in [2.05, 4.69) is 6.92 Å². The molecule has 0 spiro atoms. The fourth-order valence-electron chi connectivity index (χ4n) is 1.07. The van der Waals surface area contributed by atoms with E-state index in [9.17, 15) is 4.39 Å². The molecule has 0 amide bonds. The van der Waals surface area contributed by atoms with E-state index in [0.717, 1.165) is 18.8 Å². The first-order chi connectivity index (χ1) is 8.33. The average molecular weight is 242 g/mol. The van der Waals surface area contributed by atoms with Crippen molar-refractivity contribution in [1.82, 2.24) is 0 Å². The van der Waals surface area contributed by atoms with Gasteiger partial charge in [0, 0.05) is 0 Å². The molecule has 0 fully saturated rings.